The van der Waals surface area contributed by atoms with Crippen LogP contribution in [0.1, 0.15) is 37.7 Å². The first-order valence-electron chi connectivity index (χ1n) is 9.56. The maximum atomic E-state index is 13.5. The zero-order valence-corrected chi connectivity index (χ0v) is 16.0. The van der Waals surface area contributed by atoms with Gasteiger partial charge < -0.3 is 15.4 Å². The molecule has 8 heteroatoms. The summed E-state index contributed by atoms with van der Waals surface area (Å²) in [5, 5.41) is 13.4. The van der Waals surface area contributed by atoms with Crippen LogP contribution in [-0.4, -0.2) is 34.7 Å². The second kappa shape index (κ2) is 6.74. The Morgan fingerprint density at radius 2 is 1.90 bits per heavy atom. The average molecular weight is 399 g/mol. The van der Waals surface area contributed by atoms with Crippen LogP contribution in [0.2, 0.25) is 0 Å². The summed E-state index contributed by atoms with van der Waals surface area (Å²) in [6.45, 7) is 1.01. The molecule has 0 saturated heterocycles. The van der Waals surface area contributed by atoms with E-state index in [-0.39, 0.29) is 11.6 Å². The summed E-state index contributed by atoms with van der Waals surface area (Å²) in [7, 11) is 0. The lowest BCUT2D eigenvalue weighted by molar-refractivity contribution is 0.0972. The summed E-state index contributed by atoms with van der Waals surface area (Å²) in [5.41, 5.74) is 9.48. The van der Waals surface area contributed by atoms with Gasteiger partial charge in [0.15, 0.2) is 5.69 Å². The summed E-state index contributed by atoms with van der Waals surface area (Å²) in [6.07, 6.45) is 1.23. The monoisotopic (exact) mass is 399 g/mol. The Morgan fingerprint density at radius 1 is 1.13 bits per heavy atom. The first kappa shape index (κ1) is 17.9. The maximum absolute atomic E-state index is 13.5. The molecule has 8 nitrogen and oxygen atoms in total. The number of rotatable bonds is 3. The van der Waals surface area contributed by atoms with Crippen molar-refractivity contribution in [3.63, 3.8) is 0 Å². The largest absolute Gasteiger partial charge is 0.493 e. The number of benzene rings is 2. The first-order chi connectivity index (χ1) is 14.6. The maximum Gasteiger partial charge on any atom is 0.277 e. The lowest BCUT2D eigenvalue weighted by Crippen LogP contribution is -2.39. The van der Waals surface area contributed by atoms with Crippen molar-refractivity contribution in [1.82, 2.24) is 9.78 Å². The number of nitrogens with two attached hydrogens (primary N) is 1. The number of hydrogen-bond donors (Lipinski definition) is 1. The Kier molecular flexibility index (Phi) is 4.03. The number of carbonyl (C=O) groups excluding carboxylic acids is 2. The fraction of sp³-hybridized carbons (Fsp3) is 0.182. The number of amides is 2. The van der Waals surface area contributed by atoms with Crippen molar-refractivity contribution >= 4 is 17.5 Å². The summed E-state index contributed by atoms with van der Waals surface area (Å²) >= 11 is 0. The second-order valence-corrected chi connectivity index (χ2v) is 7.21. The normalized spacial score (nSPS) is 14.6. The quantitative estimate of drug-likeness (QED) is 0.723. The SMILES string of the molecule is N#Cc1ccc(N2CCc3c(C(N)=O)nn(-c4ccc5c(c4)CCO5)c3C2=O)cc1. The molecule has 0 spiro atoms. The van der Waals surface area contributed by atoms with Gasteiger partial charge in [0.1, 0.15) is 11.4 Å². The molecule has 0 fully saturated rings. The number of nitrogens with zero attached hydrogens (tertiary/aromatic N) is 4. The Hall–Kier alpha value is -4.12. The molecule has 0 bridgehead atoms. The number of carbonyl (C=O) groups is 2. The molecule has 1 aromatic heterocycles. The summed E-state index contributed by atoms with van der Waals surface area (Å²) in [4.78, 5) is 27.1. The molecule has 0 unspecified atom stereocenters. The van der Waals surface area contributed by atoms with Gasteiger partial charge in [0.25, 0.3) is 11.8 Å². The van der Waals surface area contributed by atoms with Crippen molar-refractivity contribution in [2.75, 3.05) is 18.1 Å². The van der Waals surface area contributed by atoms with Crippen LogP contribution in [0, 0.1) is 11.3 Å². The number of nitriles is 1. The van der Waals surface area contributed by atoms with Crippen molar-refractivity contribution in [2.45, 2.75) is 12.8 Å². The highest BCUT2D eigenvalue weighted by Crippen LogP contribution is 2.31. The Balaban J connectivity index is 1.62. The highest BCUT2D eigenvalue weighted by atomic mass is 16.5. The zero-order chi connectivity index (χ0) is 20.8. The predicted molar refractivity (Wildman–Crippen MR) is 108 cm³/mol. The van der Waals surface area contributed by atoms with Crippen molar-refractivity contribution in [3.05, 3.63) is 70.5 Å². The van der Waals surface area contributed by atoms with Crippen molar-refractivity contribution in [2.24, 2.45) is 5.73 Å². The molecule has 2 amide bonds. The van der Waals surface area contributed by atoms with E-state index in [2.05, 4.69) is 11.2 Å². The number of ether oxygens (including phenoxy) is 1. The van der Waals surface area contributed by atoms with Crippen LogP contribution in [0.15, 0.2) is 42.5 Å². The van der Waals surface area contributed by atoms with Gasteiger partial charge in [-0.3, -0.25) is 9.59 Å². The van der Waals surface area contributed by atoms with E-state index in [1.807, 2.05) is 18.2 Å². The van der Waals surface area contributed by atoms with E-state index >= 15 is 0 Å². The van der Waals surface area contributed by atoms with Gasteiger partial charge in [-0.1, -0.05) is 0 Å². The molecule has 30 heavy (non-hydrogen) atoms. The van der Waals surface area contributed by atoms with E-state index in [9.17, 15) is 9.59 Å². The van der Waals surface area contributed by atoms with Crippen molar-refractivity contribution in [1.29, 1.82) is 5.26 Å². The Morgan fingerprint density at radius 3 is 2.63 bits per heavy atom. The number of aromatic nitrogens is 2. The summed E-state index contributed by atoms with van der Waals surface area (Å²) in [5.74, 6) is -0.104. The first-order valence-corrected chi connectivity index (χ1v) is 9.56. The lowest BCUT2D eigenvalue weighted by atomic mass is 10.0. The van der Waals surface area contributed by atoms with Crippen LogP contribution in [0.5, 0.6) is 5.75 Å². The van der Waals surface area contributed by atoms with E-state index in [4.69, 9.17) is 15.7 Å². The van der Waals surface area contributed by atoms with E-state index in [1.165, 1.54) is 4.68 Å². The molecule has 0 saturated carbocycles. The van der Waals surface area contributed by atoms with Gasteiger partial charge in [-0.05, 0) is 54.4 Å². The Labute approximate surface area is 172 Å². The molecule has 5 rings (SSSR count). The molecule has 3 aromatic rings. The van der Waals surface area contributed by atoms with Crippen LogP contribution < -0.4 is 15.4 Å². The van der Waals surface area contributed by atoms with Crippen molar-refractivity contribution in [3.8, 4) is 17.5 Å². The van der Waals surface area contributed by atoms with Crippen molar-refractivity contribution < 1.29 is 14.3 Å². The molecule has 2 aliphatic rings. The van der Waals surface area contributed by atoms with Gasteiger partial charge in [-0.15, -0.1) is 0 Å². The van der Waals surface area contributed by atoms with Crippen LogP contribution in [-0.2, 0) is 12.8 Å². The van der Waals surface area contributed by atoms with E-state index in [0.717, 1.165) is 17.7 Å². The number of anilines is 1. The van der Waals surface area contributed by atoms with Gasteiger partial charge in [0, 0.05) is 24.2 Å². The minimum Gasteiger partial charge on any atom is -0.493 e. The molecular formula is C22H17N5O3. The minimum absolute atomic E-state index is 0.120. The molecule has 2 aromatic carbocycles. The smallest absolute Gasteiger partial charge is 0.277 e. The summed E-state index contributed by atoms with van der Waals surface area (Å²) in [6, 6.07) is 14.5. The standard InChI is InChI=1S/C22H17N5O3/c23-12-13-1-3-15(4-2-13)26-9-7-17-19(21(24)28)25-27(20(17)22(26)29)16-5-6-18-14(11-16)8-10-30-18/h1-6,11H,7-10H2,(H2,24,28). The number of primary amides is 1. The van der Waals surface area contributed by atoms with Gasteiger partial charge in [0.05, 0.1) is 23.9 Å². The number of fused-ring (bicyclic) bond motifs is 2. The van der Waals surface area contributed by atoms with Crippen LogP contribution in [0.3, 0.4) is 0 Å². The molecule has 2 aliphatic heterocycles. The summed E-state index contributed by atoms with van der Waals surface area (Å²) < 4.78 is 7.06. The molecule has 0 atom stereocenters. The minimum atomic E-state index is -0.658. The van der Waals surface area contributed by atoms with Gasteiger partial charge in [-0.25, -0.2) is 4.68 Å². The van der Waals surface area contributed by atoms with Gasteiger partial charge in [0.2, 0.25) is 0 Å². The van der Waals surface area contributed by atoms with E-state index in [1.54, 1.807) is 29.2 Å². The second-order valence-electron chi connectivity index (χ2n) is 7.21. The van der Waals surface area contributed by atoms with Crippen LogP contribution >= 0.6 is 0 Å². The molecular weight excluding hydrogens is 382 g/mol. The molecule has 0 radical (unpaired) electrons. The highest BCUT2D eigenvalue weighted by molar-refractivity contribution is 6.09. The fourth-order valence-electron chi connectivity index (χ4n) is 4.01. The predicted octanol–water partition coefficient (Wildman–Crippen LogP) is 1.98. The third kappa shape index (κ3) is 2.71. The van der Waals surface area contributed by atoms with Crippen LogP contribution in [0.4, 0.5) is 5.69 Å². The van der Waals surface area contributed by atoms with Gasteiger partial charge >= 0.3 is 0 Å². The molecule has 148 valence electrons. The topological polar surface area (TPSA) is 114 Å². The molecule has 2 N–H and O–H groups in total. The van der Waals surface area contributed by atoms with Crippen LogP contribution in [0.25, 0.3) is 5.69 Å². The van der Waals surface area contributed by atoms with E-state index in [0.29, 0.717) is 47.8 Å². The molecule has 0 aliphatic carbocycles. The van der Waals surface area contributed by atoms with Gasteiger partial charge in [-0.2, -0.15) is 10.4 Å². The lowest BCUT2D eigenvalue weighted by Gasteiger charge is -2.27. The fourth-order valence-corrected chi connectivity index (χ4v) is 4.01. The zero-order valence-electron chi connectivity index (χ0n) is 16.0. The highest BCUT2D eigenvalue weighted by Gasteiger charge is 2.34. The third-order valence-electron chi connectivity index (χ3n) is 5.48. The van der Waals surface area contributed by atoms with E-state index < -0.39 is 5.91 Å². The third-order valence-corrected chi connectivity index (χ3v) is 5.48. The Bertz CT molecular complexity index is 1240. The average Bonchev–Trinajstić information content (AvgIpc) is 3.38. The molecule has 3 heterocycles. The number of hydrogen-bond acceptors (Lipinski definition) is 5.